The van der Waals surface area contributed by atoms with Gasteiger partial charge in [0.15, 0.2) is 11.6 Å². The maximum atomic E-state index is 14.5. The van der Waals surface area contributed by atoms with E-state index in [9.17, 15) is 23.6 Å². The number of hydrogen-bond acceptors (Lipinski definition) is 6. The summed E-state index contributed by atoms with van der Waals surface area (Å²) in [4.78, 5) is 32.5. The molecule has 1 saturated heterocycles. The van der Waals surface area contributed by atoms with Crippen LogP contribution in [0.25, 0.3) is 10.9 Å². The fourth-order valence-corrected chi connectivity index (χ4v) is 5.94. The van der Waals surface area contributed by atoms with E-state index in [1.807, 2.05) is 20.8 Å². The molecule has 1 aromatic heterocycles. The highest BCUT2D eigenvalue weighted by molar-refractivity contribution is 5.83. The molecule has 5 rings (SSSR count). The molecule has 0 radical (unpaired) electrons. The predicted octanol–water partition coefficient (Wildman–Crippen LogP) is 6.39. The summed E-state index contributed by atoms with van der Waals surface area (Å²) in [6.07, 6.45) is 5.53. The topological polar surface area (TPSA) is 97.5 Å². The van der Waals surface area contributed by atoms with Gasteiger partial charge in [-0.25, -0.2) is 18.6 Å². The molecule has 0 bridgehead atoms. The van der Waals surface area contributed by atoms with Crippen molar-refractivity contribution >= 4 is 17.0 Å². The molecule has 2 fully saturated rings. The lowest BCUT2D eigenvalue weighted by atomic mass is 9.77. The number of likely N-dealkylation sites (tertiary alicyclic amines) is 1. The van der Waals surface area contributed by atoms with E-state index in [2.05, 4.69) is 4.98 Å². The van der Waals surface area contributed by atoms with Crippen molar-refractivity contribution in [2.24, 2.45) is 5.41 Å². The molecule has 0 N–H and O–H groups in total. The maximum Gasteiger partial charge on any atom is 0.410 e. The number of carbonyl (C=O) groups is 1. The van der Waals surface area contributed by atoms with Crippen LogP contribution in [0.15, 0.2) is 35.4 Å². The first-order chi connectivity index (χ1) is 18.9. The fourth-order valence-electron chi connectivity index (χ4n) is 5.94. The molecule has 1 amide bonds. The minimum Gasteiger partial charge on any atom is -0.452 e. The van der Waals surface area contributed by atoms with Crippen molar-refractivity contribution in [3.63, 3.8) is 0 Å². The third-order valence-electron chi connectivity index (χ3n) is 8.09. The van der Waals surface area contributed by atoms with Crippen molar-refractivity contribution in [3.05, 3.63) is 63.7 Å². The molecule has 1 unspecified atom stereocenters. The number of fused-ring (bicyclic) bond motifs is 1. The van der Waals surface area contributed by atoms with Crippen molar-refractivity contribution in [2.75, 3.05) is 13.1 Å². The molecule has 2 aliphatic rings. The van der Waals surface area contributed by atoms with Gasteiger partial charge >= 0.3 is 6.09 Å². The highest BCUT2D eigenvalue weighted by atomic mass is 19.1. The summed E-state index contributed by atoms with van der Waals surface area (Å²) in [5.41, 5.74) is -0.389. The van der Waals surface area contributed by atoms with Gasteiger partial charge in [-0.2, -0.15) is 5.26 Å². The van der Waals surface area contributed by atoms with Crippen LogP contribution in [0.2, 0.25) is 0 Å². The Morgan fingerprint density at radius 2 is 1.82 bits per heavy atom. The molecule has 1 saturated carbocycles. The van der Waals surface area contributed by atoms with Gasteiger partial charge in [-0.05, 0) is 89.5 Å². The molecule has 1 aliphatic heterocycles. The van der Waals surface area contributed by atoms with Gasteiger partial charge in [0, 0.05) is 24.7 Å². The van der Waals surface area contributed by atoms with Crippen LogP contribution in [0.4, 0.5) is 13.6 Å². The van der Waals surface area contributed by atoms with Crippen LogP contribution in [-0.2, 0) is 4.74 Å². The number of ether oxygens (including phenoxy) is 2. The number of benzene rings is 2. The van der Waals surface area contributed by atoms with E-state index in [1.54, 1.807) is 34.9 Å². The lowest BCUT2D eigenvalue weighted by molar-refractivity contribution is 0.0103. The summed E-state index contributed by atoms with van der Waals surface area (Å²) < 4.78 is 41.4. The average Bonchev–Trinajstić information content (AvgIpc) is 3.30. The number of amides is 1. The number of hydrogen-bond donors (Lipinski definition) is 0. The SMILES string of the molecule is Cc1c(Oc2c(F)ccc(F)c2C#N)ccc2ncn(C3CCC4(CCN(C(=O)OC(C)(C)C)CC4)C3)c(=O)c12. The van der Waals surface area contributed by atoms with Crippen molar-refractivity contribution in [1.29, 1.82) is 5.26 Å². The van der Waals surface area contributed by atoms with Crippen LogP contribution in [0.1, 0.15) is 70.0 Å². The second-order valence-corrected chi connectivity index (χ2v) is 11.9. The Hall–Kier alpha value is -4.00. The van der Waals surface area contributed by atoms with Gasteiger partial charge in [0.2, 0.25) is 0 Å². The minimum absolute atomic E-state index is 0.0419. The van der Waals surface area contributed by atoms with E-state index in [1.165, 1.54) is 6.07 Å². The summed E-state index contributed by atoms with van der Waals surface area (Å²) in [5.74, 6) is -2.16. The molecular formula is C30H32F2N4O4. The second-order valence-electron chi connectivity index (χ2n) is 11.9. The van der Waals surface area contributed by atoms with Crippen molar-refractivity contribution < 1.29 is 23.0 Å². The third-order valence-corrected chi connectivity index (χ3v) is 8.09. The Morgan fingerprint density at radius 1 is 1.12 bits per heavy atom. The number of aromatic nitrogens is 2. The Labute approximate surface area is 231 Å². The van der Waals surface area contributed by atoms with Crippen LogP contribution < -0.4 is 10.3 Å². The Balaban J connectivity index is 1.38. The van der Waals surface area contributed by atoms with Crippen LogP contribution >= 0.6 is 0 Å². The summed E-state index contributed by atoms with van der Waals surface area (Å²) in [7, 11) is 0. The first-order valence-corrected chi connectivity index (χ1v) is 13.5. The normalized spacial score (nSPS) is 18.6. The molecule has 2 aromatic carbocycles. The number of halogens is 2. The van der Waals surface area contributed by atoms with E-state index in [-0.39, 0.29) is 28.9 Å². The Bertz CT molecular complexity index is 1580. The number of aryl methyl sites for hydroxylation is 1. The standard InChI is InChI=1S/C30H32F2N4O4/c1-18-24(39-26-20(16-33)21(31)5-6-22(26)32)8-7-23-25(18)27(37)36(17-34-23)19-9-10-30(15-19)11-13-35(14-12-30)28(38)40-29(2,3)4/h5-8,17,19H,9-15H2,1-4H3. The van der Waals surface area contributed by atoms with Gasteiger partial charge in [-0.1, -0.05) is 0 Å². The largest absolute Gasteiger partial charge is 0.452 e. The van der Waals surface area contributed by atoms with E-state index in [0.29, 0.717) is 29.6 Å². The highest BCUT2D eigenvalue weighted by Crippen LogP contribution is 2.50. The number of nitrogens with zero attached hydrogens (tertiary/aromatic N) is 4. The van der Waals surface area contributed by atoms with Gasteiger partial charge < -0.3 is 14.4 Å². The smallest absolute Gasteiger partial charge is 0.410 e. The summed E-state index contributed by atoms with van der Waals surface area (Å²) in [5, 5.41) is 9.64. The molecule has 1 atom stereocenters. The maximum absolute atomic E-state index is 14.5. The van der Waals surface area contributed by atoms with Gasteiger partial charge in [0.25, 0.3) is 5.56 Å². The monoisotopic (exact) mass is 550 g/mol. The molecular weight excluding hydrogens is 518 g/mol. The molecule has 40 heavy (non-hydrogen) atoms. The zero-order valence-electron chi connectivity index (χ0n) is 23.1. The molecule has 10 heteroatoms. The lowest BCUT2D eigenvalue weighted by Gasteiger charge is -2.40. The van der Waals surface area contributed by atoms with Crippen LogP contribution in [0, 0.1) is 35.3 Å². The predicted molar refractivity (Wildman–Crippen MR) is 144 cm³/mol. The van der Waals surface area contributed by atoms with Crippen molar-refractivity contribution in [1.82, 2.24) is 14.5 Å². The van der Waals surface area contributed by atoms with Crippen molar-refractivity contribution in [2.45, 2.75) is 71.4 Å². The summed E-state index contributed by atoms with van der Waals surface area (Å²) in [6, 6.07) is 6.47. The fraction of sp³-hybridized carbons (Fsp3) is 0.467. The molecule has 1 aliphatic carbocycles. The number of nitriles is 1. The van der Waals surface area contributed by atoms with E-state index in [0.717, 1.165) is 44.2 Å². The van der Waals surface area contributed by atoms with Gasteiger partial charge in [-0.15, -0.1) is 0 Å². The number of piperidine rings is 1. The Kier molecular flexibility index (Phi) is 7.02. The molecule has 3 aromatic rings. The van der Waals surface area contributed by atoms with E-state index in [4.69, 9.17) is 9.47 Å². The van der Waals surface area contributed by atoms with Crippen LogP contribution in [0.5, 0.6) is 11.5 Å². The van der Waals surface area contributed by atoms with E-state index >= 15 is 0 Å². The summed E-state index contributed by atoms with van der Waals surface area (Å²) in [6.45, 7) is 8.46. The number of carbonyl (C=O) groups excluding carboxylic acids is 1. The quantitative estimate of drug-likeness (QED) is 0.375. The zero-order valence-corrected chi connectivity index (χ0v) is 23.1. The molecule has 2 heterocycles. The minimum atomic E-state index is -0.895. The van der Waals surface area contributed by atoms with Crippen LogP contribution in [-0.4, -0.2) is 39.2 Å². The van der Waals surface area contributed by atoms with Crippen LogP contribution in [0.3, 0.4) is 0 Å². The van der Waals surface area contributed by atoms with E-state index < -0.39 is 28.5 Å². The first-order valence-electron chi connectivity index (χ1n) is 13.5. The molecule has 210 valence electrons. The Morgan fingerprint density at radius 3 is 2.50 bits per heavy atom. The van der Waals surface area contributed by atoms with Crippen molar-refractivity contribution in [3.8, 4) is 17.6 Å². The zero-order chi connectivity index (χ0) is 28.8. The molecule has 8 nitrogen and oxygen atoms in total. The van der Waals surface area contributed by atoms with Gasteiger partial charge in [-0.3, -0.25) is 9.36 Å². The average molecular weight is 551 g/mol. The number of rotatable bonds is 3. The lowest BCUT2D eigenvalue weighted by Crippen LogP contribution is -2.44. The third kappa shape index (κ3) is 5.12. The molecule has 1 spiro atoms. The highest BCUT2D eigenvalue weighted by Gasteiger charge is 2.43. The first kappa shape index (κ1) is 27.6. The second kappa shape index (κ2) is 10.2. The van der Waals surface area contributed by atoms with Gasteiger partial charge in [0.1, 0.15) is 28.8 Å². The summed E-state index contributed by atoms with van der Waals surface area (Å²) >= 11 is 0. The van der Waals surface area contributed by atoms with Gasteiger partial charge in [0.05, 0.1) is 17.2 Å².